The fourth-order valence-corrected chi connectivity index (χ4v) is 3.30. The number of H-pyrrole nitrogens is 1. The zero-order valence-corrected chi connectivity index (χ0v) is 12.9. The number of nitrogen functional groups attached to an aromatic ring is 1. The average Bonchev–Trinajstić information content (AvgIpc) is 3.04. The van der Waals surface area contributed by atoms with Gasteiger partial charge in [0.25, 0.3) is 5.91 Å². The van der Waals surface area contributed by atoms with E-state index >= 15 is 0 Å². The lowest BCUT2D eigenvalue weighted by molar-refractivity contribution is 0.0942. The third kappa shape index (κ3) is 2.75. The first-order valence-corrected chi connectivity index (χ1v) is 7.67. The van der Waals surface area contributed by atoms with Crippen molar-refractivity contribution < 1.29 is 4.79 Å². The predicted molar refractivity (Wildman–Crippen MR) is 87.9 cm³/mol. The highest BCUT2D eigenvalue weighted by Crippen LogP contribution is 2.27. The van der Waals surface area contributed by atoms with Crippen LogP contribution < -0.4 is 11.1 Å². The summed E-state index contributed by atoms with van der Waals surface area (Å²) in [5, 5.41) is 3.84. The van der Waals surface area contributed by atoms with E-state index < -0.39 is 0 Å². The zero-order chi connectivity index (χ0) is 15.0. The Balaban J connectivity index is 1.84. The van der Waals surface area contributed by atoms with Crippen LogP contribution in [-0.2, 0) is 0 Å². The summed E-state index contributed by atoms with van der Waals surface area (Å²) in [4.78, 5) is 16.5. The molecule has 3 aromatic rings. The molecule has 3 rings (SSSR count). The van der Waals surface area contributed by atoms with Gasteiger partial charge >= 0.3 is 0 Å². The minimum Gasteiger partial charge on any atom is -0.399 e. The number of aromatic amines is 1. The summed E-state index contributed by atoms with van der Waals surface area (Å²) in [7, 11) is 0. The average molecular weight is 320 g/mol. The number of carbonyl (C=O) groups is 1. The molecule has 4 nitrogen and oxygen atoms in total. The molecule has 0 aliphatic rings. The number of anilines is 1. The van der Waals surface area contributed by atoms with E-state index in [1.807, 2.05) is 31.2 Å². The highest BCUT2D eigenvalue weighted by atomic mass is 35.5. The molecule has 1 aromatic carbocycles. The highest BCUT2D eigenvalue weighted by Gasteiger charge is 2.16. The maximum absolute atomic E-state index is 12.4. The molecule has 0 aliphatic carbocycles. The van der Waals surface area contributed by atoms with Gasteiger partial charge in [-0.25, -0.2) is 0 Å². The van der Waals surface area contributed by atoms with E-state index in [1.165, 1.54) is 11.3 Å². The summed E-state index contributed by atoms with van der Waals surface area (Å²) in [6, 6.07) is 9.12. The second-order valence-corrected chi connectivity index (χ2v) is 6.59. The maximum atomic E-state index is 12.4. The summed E-state index contributed by atoms with van der Waals surface area (Å²) in [6.07, 6.45) is 1.70. The van der Waals surface area contributed by atoms with E-state index in [1.54, 1.807) is 12.3 Å². The lowest BCUT2D eigenvalue weighted by Gasteiger charge is -2.11. The molecule has 0 bridgehead atoms. The van der Waals surface area contributed by atoms with E-state index in [4.69, 9.17) is 17.3 Å². The summed E-state index contributed by atoms with van der Waals surface area (Å²) in [5.41, 5.74) is 7.87. The van der Waals surface area contributed by atoms with Crippen LogP contribution in [0.15, 0.2) is 36.5 Å². The fourth-order valence-electron chi connectivity index (χ4n) is 2.24. The van der Waals surface area contributed by atoms with Gasteiger partial charge in [-0.1, -0.05) is 11.6 Å². The first kappa shape index (κ1) is 14.0. The monoisotopic (exact) mass is 319 g/mol. The third-order valence-electron chi connectivity index (χ3n) is 3.32. The van der Waals surface area contributed by atoms with Gasteiger partial charge in [0.2, 0.25) is 0 Å². The molecule has 0 fully saturated rings. The molecule has 21 heavy (non-hydrogen) atoms. The molecule has 108 valence electrons. The van der Waals surface area contributed by atoms with Crippen LogP contribution in [0.1, 0.15) is 28.2 Å². The highest BCUT2D eigenvalue weighted by molar-refractivity contribution is 7.16. The normalized spacial score (nSPS) is 12.5. The van der Waals surface area contributed by atoms with Crippen molar-refractivity contribution in [1.29, 1.82) is 0 Å². The standard InChI is InChI=1S/C15H14ClN3OS/c1-8(13-4-5-14(16)21-13)19-15(20)11-7-18-12-6-9(17)2-3-10(11)12/h2-8,18H,17H2,1H3,(H,19,20). The van der Waals surface area contributed by atoms with E-state index in [0.717, 1.165) is 15.8 Å². The lowest BCUT2D eigenvalue weighted by Crippen LogP contribution is -2.25. The molecule has 0 radical (unpaired) electrons. The van der Waals surface area contributed by atoms with E-state index in [-0.39, 0.29) is 11.9 Å². The summed E-state index contributed by atoms with van der Waals surface area (Å²) >= 11 is 7.39. The Kier molecular flexibility index (Phi) is 3.61. The Labute approximate surface area is 130 Å². The van der Waals surface area contributed by atoms with Crippen molar-refractivity contribution in [3.8, 4) is 0 Å². The molecule has 0 aliphatic heterocycles. The minimum atomic E-state index is -0.122. The lowest BCUT2D eigenvalue weighted by atomic mass is 10.1. The van der Waals surface area contributed by atoms with Gasteiger partial charge in [0.15, 0.2) is 0 Å². The van der Waals surface area contributed by atoms with Gasteiger partial charge in [0.05, 0.1) is 15.9 Å². The van der Waals surface area contributed by atoms with Crippen LogP contribution in [0.25, 0.3) is 10.9 Å². The summed E-state index contributed by atoms with van der Waals surface area (Å²) < 4.78 is 0.716. The fraction of sp³-hybridized carbons (Fsp3) is 0.133. The van der Waals surface area contributed by atoms with Crippen molar-refractivity contribution in [1.82, 2.24) is 10.3 Å². The zero-order valence-electron chi connectivity index (χ0n) is 11.3. The van der Waals surface area contributed by atoms with Gasteiger partial charge in [0.1, 0.15) is 0 Å². The van der Waals surface area contributed by atoms with Gasteiger partial charge in [-0.05, 0) is 37.3 Å². The first-order chi connectivity index (χ1) is 10.0. The van der Waals surface area contributed by atoms with Crippen LogP contribution >= 0.6 is 22.9 Å². The summed E-state index contributed by atoms with van der Waals surface area (Å²) in [5.74, 6) is -0.122. The van der Waals surface area contributed by atoms with Crippen LogP contribution in [0.4, 0.5) is 5.69 Å². The van der Waals surface area contributed by atoms with E-state index in [2.05, 4.69) is 10.3 Å². The molecule has 1 amide bonds. The molecule has 4 N–H and O–H groups in total. The summed E-state index contributed by atoms with van der Waals surface area (Å²) in [6.45, 7) is 1.94. The van der Waals surface area contributed by atoms with Gasteiger partial charge in [-0.15, -0.1) is 11.3 Å². The number of hydrogen-bond donors (Lipinski definition) is 3. The van der Waals surface area contributed by atoms with E-state index in [0.29, 0.717) is 15.6 Å². The first-order valence-electron chi connectivity index (χ1n) is 6.47. The number of benzene rings is 1. The van der Waals surface area contributed by atoms with Crippen molar-refractivity contribution in [2.24, 2.45) is 0 Å². The maximum Gasteiger partial charge on any atom is 0.253 e. The molecule has 0 saturated heterocycles. The minimum absolute atomic E-state index is 0.0891. The number of amides is 1. The number of thiophene rings is 1. The number of fused-ring (bicyclic) bond motifs is 1. The molecular formula is C15H14ClN3OS. The Morgan fingerprint density at radius 1 is 1.38 bits per heavy atom. The Hall–Kier alpha value is -1.98. The molecule has 1 unspecified atom stereocenters. The number of hydrogen-bond acceptors (Lipinski definition) is 3. The molecular weight excluding hydrogens is 306 g/mol. The van der Waals surface area contributed by atoms with Crippen molar-refractivity contribution in [2.75, 3.05) is 5.73 Å². The largest absolute Gasteiger partial charge is 0.399 e. The number of aromatic nitrogens is 1. The molecule has 0 spiro atoms. The number of halogens is 1. The Morgan fingerprint density at radius 3 is 2.90 bits per heavy atom. The van der Waals surface area contributed by atoms with Crippen LogP contribution in [0.5, 0.6) is 0 Å². The molecule has 2 heterocycles. The van der Waals surface area contributed by atoms with Crippen molar-refractivity contribution >= 4 is 45.4 Å². The number of carbonyl (C=O) groups excluding carboxylic acids is 1. The second-order valence-electron chi connectivity index (χ2n) is 4.84. The third-order valence-corrected chi connectivity index (χ3v) is 4.73. The van der Waals surface area contributed by atoms with Gasteiger partial charge in [0, 0.05) is 27.7 Å². The number of rotatable bonds is 3. The quantitative estimate of drug-likeness (QED) is 0.639. The molecule has 6 heteroatoms. The van der Waals surface area contributed by atoms with Crippen LogP contribution in [0, 0.1) is 0 Å². The van der Waals surface area contributed by atoms with Crippen molar-refractivity contribution in [3.05, 3.63) is 51.3 Å². The van der Waals surface area contributed by atoms with Crippen LogP contribution in [-0.4, -0.2) is 10.9 Å². The van der Waals surface area contributed by atoms with Gasteiger partial charge in [-0.3, -0.25) is 4.79 Å². The van der Waals surface area contributed by atoms with Crippen LogP contribution in [0.2, 0.25) is 4.34 Å². The van der Waals surface area contributed by atoms with Crippen molar-refractivity contribution in [2.45, 2.75) is 13.0 Å². The molecule has 1 atom stereocenters. The van der Waals surface area contributed by atoms with E-state index in [9.17, 15) is 4.79 Å². The van der Waals surface area contributed by atoms with Crippen molar-refractivity contribution in [3.63, 3.8) is 0 Å². The number of nitrogens with two attached hydrogens (primary N) is 1. The van der Waals surface area contributed by atoms with Gasteiger partial charge < -0.3 is 16.0 Å². The van der Waals surface area contributed by atoms with Gasteiger partial charge in [-0.2, -0.15) is 0 Å². The van der Waals surface area contributed by atoms with Crippen LogP contribution in [0.3, 0.4) is 0 Å². The Morgan fingerprint density at radius 2 is 2.19 bits per heavy atom. The smallest absolute Gasteiger partial charge is 0.253 e. The molecule has 0 saturated carbocycles. The predicted octanol–water partition coefficient (Wildman–Crippen LogP) is 3.96. The number of nitrogens with one attached hydrogen (secondary N) is 2. The second kappa shape index (κ2) is 5.42. The topological polar surface area (TPSA) is 70.9 Å². The molecule has 2 aromatic heterocycles. The Bertz CT molecular complexity index is 808. The SMILES string of the molecule is CC(NC(=O)c1c[nH]c2cc(N)ccc12)c1ccc(Cl)s1.